The molecule has 1 aliphatic heterocycles. The molecule has 7 nitrogen and oxygen atoms in total. The summed E-state index contributed by atoms with van der Waals surface area (Å²) in [7, 11) is 0. The Morgan fingerprint density at radius 2 is 2.06 bits per heavy atom. The third kappa shape index (κ3) is 6.32. The molecule has 1 fully saturated rings. The number of likely N-dealkylation sites (tertiary alicyclic amines) is 1. The van der Waals surface area contributed by atoms with Gasteiger partial charge in [0.1, 0.15) is 11.6 Å². The second kappa shape index (κ2) is 10.5. The SMILES string of the molecule is O=C(CN1CCCC(c2nc(-c3cccc(F)c3)no2)C1)NCc1ccc(OC(F)F)cc1. The Labute approximate surface area is 188 Å². The van der Waals surface area contributed by atoms with Gasteiger partial charge in [0.15, 0.2) is 0 Å². The first-order valence-electron chi connectivity index (χ1n) is 10.6. The molecule has 0 radical (unpaired) electrons. The molecule has 1 N–H and O–H groups in total. The minimum Gasteiger partial charge on any atom is -0.435 e. The number of nitrogens with zero attached hydrogens (tertiary/aromatic N) is 3. The van der Waals surface area contributed by atoms with Crippen LogP contribution in [0.2, 0.25) is 0 Å². The molecule has 1 atom stereocenters. The van der Waals surface area contributed by atoms with Gasteiger partial charge in [0.05, 0.1) is 12.5 Å². The van der Waals surface area contributed by atoms with Crippen LogP contribution in [0.15, 0.2) is 53.1 Å². The van der Waals surface area contributed by atoms with E-state index in [9.17, 15) is 18.0 Å². The van der Waals surface area contributed by atoms with Gasteiger partial charge in [-0.2, -0.15) is 13.8 Å². The maximum absolute atomic E-state index is 13.5. The van der Waals surface area contributed by atoms with Crippen LogP contribution in [0.3, 0.4) is 0 Å². The van der Waals surface area contributed by atoms with Crippen molar-refractivity contribution in [3.8, 4) is 17.1 Å². The molecule has 2 aromatic carbocycles. The maximum Gasteiger partial charge on any atom is 0.387 e. The fourth-order valence-corrected chi connectivity index (χ4v) is 3.79. The fourth-order valence-electron chi connectivity index (χ4n) is 3.79. The summed E-state index contributed by atoms with van der Waals surface area (Å²) in [6, 6.07) is 12.1. The molecule has 0 spiro atoms. The van der Waals surface area contributed by atoms with Gasteiger partial charge in [-0.05, 0) is 49.2 Å². The number of nitrogens with one attached hydrogen (secondary N) is 1. The van der Waals surface area contributed by atoms with Crippen molar-refractivity contribution in [3.05, 3.63) is 65.8 Å². The van der Waals surface area contributed by atoms with Crippen LogP contribution in [0, 0.1) is 5.82 Å². The van der Waals surface area contributed by atoms with E-state index in [2.05, 4.69) is 20.2 Å². The number of halogens is 3. The Hall–Kier alpha value is -3.40. The number of hydrogen-bond donors (Lipinski definition) is 1. The van der Waals surface area contributed by atoms with Crippen molar-refractivity contribution in [2.45, 2.75) is 31.9 Å². The van der Waals surface area contributed by atoms with E-state index < -0.39 is 6.61 Å². The molecular weight excluding hydrogens is 437 g/mol. The first-order valence-corrected chi connectivity index (χ1v) is 10.6. The number of hydrogen-bond acceptors (Lipinski definition) is 6. The number of alkyl halides is 2. The largest absolute Gasteiger partial charge is 0.435 e. The van der Waals surface area contributed by atoms with Crippen LogP contribution in [0.1, 0.15) is 30.2 Å². The van der Waals surface area contributed by atoms with Gasteiger partial charge in [-0.3, -0.25) is 9.69 Å². The zero-order valence-electron chi connectivity index (χ0n) is 17.7. The lowest BCUT2D eigenvalue weighted by atomic mass is 9.98. The zero-order chi connectivity index (χ0) is 23.2. The summed E-state index contributed by atoms with van der Waals surface area (Å²) >= 11 is 0. The minimum absolute atomic E-state index is 0.0104. The number of amides is 1. The van der Waals surface area contributed by atoms with Crippen LogP contribution in [0.5, 0.6) is 5.75 Å². The van der Waals surface area contributed by atoms with E-state index >= 15 is 0 Å². The highest BCUT2D eigenvalue weighted by Gasteiger charge is 2.27. The molecule has 1 aromatic heterocycles. The first-order chi connectivity index (χ1) is 16.0. The molecule has 4 rings (SSSR count). The summed E-state index contributed by atoms with van der Waals surface area (Å²) in [5.74, 6) is 0.361. The van der Waals surface area contributed by atoms with Crippen molar-refractivity contribution in [2.24, 2.45) is 0 Å². The molecule has 3 aromatic rings. The smallest absolute Gasteiger partial charge is 0.387 e. The van der Waals surface area contributed by atoms with Gasteiger partial charge in [0.2, 0.25) is 17.6 Å². The predicted octanol–water partition coefficient (Wildman–Crippen LogP) is 3.97. The van der Waals surface area contributed by atoms with Crippen molar-refractivity contribution in [1.82, 2.24) is 20.4 Å². The lowest BCUT2D eigenvalue weighted by Gasteiger charge is -2.30. The second-order valence-corrected chi connectivity index (χ2v) is 7.84. The monoisotopic (exact) mass is 460 g/mol. The van der Waals surface area contributed by atoms with Crippen LogP contribution < -0.4 is 10.1 Å². The van der Waals surface area contributed by atoms with Gasteiger partial charge in [-0.1, -0.05) is 29.4 Å². The van der Waals surface area contributed by atoms with E-state index in [0.717, 1.165) is 24.9 Å². The van der Waals surface area contributed by atoms with Gasteiger partial charge < -0.3 is 14.6 Å². The second-order valence-electron chi connectivity index (χ2n) is 7.84. The molecule has 174 valence electrons. The predicted molar refractivity (Wildman–Crippen MR) is 113 cm³/mol. The molecule has 0 saturated carbocycles. The molecule has 33 heavy (non-hydrogen) atoms. The van der Waals surface area contributed by atoms with Crippen molar-refractivity contribution in [2.75, 3.05) is 19.6 Å². The van der Waals surface area contributed by atoms with E-state index in [4.69, 9.17) is 4.52 Å². The van der Waals surface area contributed by atoms with Crippen LogP contribution in [0.4, 0.5) is 13.2 Å². The van der Waals surface area contributed by atoms with E-state index in [1.807, 2.05) is 4.90 Å². The topological polar surface area (TPSA) is 80.5 Å². The van der Waals surface area contributed by atoms with Gasteiger partial charge in [0, 0.05) is 18.7 Å². The number of rotatable bonds is 8. The van der Waals surface area contributed by atoms with Crippen molar-refractivity contribution >= 4 is 5.91 Å². The number of piperidine rings is 1. The Kier molecular flexibility index (Phi) is 7.23. The Morgan fingerprint density at radius 1 is 1.24 bits per heavy atom. The molecule has 0 bridgehead atoms. The van der Waals surface area contributed by atoms with Gasteiger partial charge >= 0.3 is 6.61 Å². The molecule has 10 heteroatoms. The van der Waals surface area contributed by atoms with Gasteiger partial charge in [-0.15, -0.1) is 0 Å². The Bertz CT molecular complexity index is 1070. The van der Waals surface area contributed by atoms with Crippen LogP contribution in [-0.4, -0.2) is 47.2 Å². The number of ether oxygens (including phenoxy) is 1. The summed E-state index contributed by atoms with van der Waals surface area (Å²) in [5.41, 5.74) is 1.32. The summed E-state index contributed by atoms with van der Waals surface area (Å²) in [6.07, 6.45) is 1.73. The first kappa shape index (κ1) is 22.8. The highest BCUT2D eigenvalue weighted by atomic mass is 19.3. The van der Waals surface area contributed by atoms with Crippen molar-refractivity contribution in [3.63, 3.8) is 0 Å². The van der Waals surface area contributed by atoms with Crippen LogP contribution in [0.25, 0.3) is 11.4 Å². The normalized spacial score (nSPS) is 16.7. The number of carbonyl (C=O) groups excluding carboxylic acids is 1. The molecule has 1 saturated heterocycles. The maximum atomic E-state index is 13.5. The fraction of sp³-hybridized carbons (Fsp3) is 0.348. The van der Waals surface area contributed by atoms with E-state index in [1.54, 1.807) is 24.3 Å². The lowest BCUT2D eigenvalue weighted by Crippen LogP contribution is -2.41. The Morgan fingerprint density at radius 3 is 2.82 bits per heavy atom. The van der Waals surface area contributed by atoms with E-state index in [1.165, 1.54) is 24.3 Å². The highest BCUT2D eigenvalue weighted by molar-refractivity contribution is 5.78. The average Bonchev–Trinajstić information content (AvgIpc) is 3.29. The molecular formula is C23H23F3N4O3. The lowest BCUT2D eigenvalue weighted by molar-refractivity contribution is -0.122. The zero-order valence-corrected chi connectivity index (χ0v) is 17.7. The molecule has 1 unspecified atom stereocenters. The average molecular weight is 460 g/mol. The minimum atomic E-state index is -2.87. The standard InChI is InChI=1S/C23H23F3N4O3/c24-18-5-1-3-16(11-18)21-28-22(33-29-21)17-4-2-10-30(13-17)14-20(31)27-12-15-6-8-19(9-7-15)32-23(25)26/h1,3,5-9,11,17,23H,2,4,10,12-14H2,(H,27,31). The molecule has 1 aliphatic rings. The quantitative estimate of drug-likeness (QED) is 0.548. The number of benzene rings is 2. The molecule has 0 aliphatic carbocycles. The van der Waals surface area contributed by atoms with Crippen molar-refractivity contribution in [1.29, 1.82) is 0 Å². The van der Waals surface area contributed by atoms with Gasteiger partial charge in [0.25, 0.3) is 0 Å². The Balaban J connectivity index is 1.28. The van der Waals surface area contributed by atoms with Gasteiger partial charge in [-0.25, -0.2) is 4.39 Å². The highest BCUT2D eigenvalue weighted by Crippen LogP contribution is 2.27. The summed E-state index contributed by atoms with van der Waals surface area (Å²) < 4.78 is 47.6. The third-order valence-electron chi connectivity index (χ3n) is 5.38. The van der Waals surface area contributed by atoms with E-state index in [0.29, 0.717) is 23.8 Å². The van der Waals surface area contributed by atoms with Crippen LogP contribution >= 0.6 is 0 Å². The summed E-state index contributed by atoms with van der Waals surface area (Å²) in [4.78, 5) is 18.9. The third-order valence-corrected chi connectivity index (χ3v) is 5.38. The molecule has 2 heterocycles. The van der Waals surface area contributed by atoms with E-state index in [-0.39, 0.29) is 36.5 Å². The number of carbonyl (C=O) groups is 1. The number of aromatic nitrogens is 2. The summed E-state index contributed by atoms with van der Waals surface area (Å²) in [6.45, 7) is -1.00. The molecule has 1 amide bonds. The van der Waals surface area contributed by atoms with Crippen molar-refractivity contribution < 1.29 is 27.2 Å². The summed E-state index contributed by atoms with van der Waals surface area (Å²) in [5, 5.41) is 6.81. The van der Waals surface area contributed by atoms with Crippen LogP contribution in [-0.2, 0) is 11.3 Å².